The third-order valence-electron chi connectivity index (χ3n) is 4.07. The summed E-state index contributed by atoms with van der Waals surface area (Å²) >= 11 is 12.3. The van der Waals surface area contributed by atoms with Gasteiger partial charge in [0.25, 0.3) is 5.91 Å². The van der Waals surface area contributed by atoms with E-state index in [1.54, 1.807) is 24.3 Å². The van der Waals surface area contributed by atoms with Crippen LogP contribution >= 0.6 is 23.2 Å². The largest absolute Gasteiger partial charge is 0.488 e. The van der Waals surface area contributed by atoms with Crippen LogP contribution in [0.15, 0.2) is 71.8 Å². The number of nitrogens with zero attached hydrogens (tertiary/aromatic N) is 1. The van der Waals surface area contributed by atoms with Crippen LogP contribution in [0.5, 0.6) is 5.75 Å². The molecule has 0 fully saturated rings. The van der Waals surface area contributed by atoms with Crippen molar-refractivity contribution in [1.82, 2.24) is 5.43 Å². The molecule has 3 aromatic carbocycles. The zero-order valence-corrected chi connectivity index (χ0v) is 16.7. The van der Waals surface area contributed by atoms with E-state index in [1.807, 2.05) is 49.4 Å². The highest BCUT2D eigenvalue weighted by Gasteiger charge is 2.08. The van der Waals surface area contributed by atoms with E-state index in [-0.39, 0.29) is 5.91 Å². The molecule has 0 bridgehead atoms. The molecule has 6 heteroatoms. The molecular formula is C22H18Cl2N2O2. The van der Waals surface area contributed by atoms with Gasteiger partial charge in [-0.05, 0) is 42.8 Å². The van der Waals surface area contributed by atoms with Crippen LogP contribution in [0.4, 0.5) is 0 Å². The molecule has 0 unspecified atom stereocenters. The number of hydrogen-bond donors (Lipinski definition) is 1. The van der Waals surface area contributed by atoms with E-state index in [9.17, 15) is 4.79 Å². The highest BCUT2D eigenvalue weighted by atomic mass is 35.5. The van der Waals surface area contributed by atoms with Crippen LogP contribution in [0.3, 0.4) is 0 Å². The number of amides is 1. The number of nitrogens with one attached hydrogen (secondary N) is 1. The minimum atomic E-state index is -0.282. The summed E-state index contributed by atoms with van der Waals surface area (Å²) in [6.07, 6.45) is 1.50. The second kappa shape index (κ2) is 9.40. The molecule has 0 heterocycles. The Hall–Kier alpha value is -2.82. The molecular weight excluding hydrogens is 395 g/mol. The highest BCUT2D eigenvalue weighted by Crippen LogP contribution is 2.24. The molecule has 0 aromatic heterocycles. The van der Waals surface area contributed by atoms with Gasteiger partial charge >= 0.3 is 0 Å². The molecule has 0 saturated carbocycles. The van der Waals surface area contributed by atoms with Gasteiger partial charge in [0.15, 0.2) is 0 Å². The lowest BCUT2D eigenvalue weighted by Gasteiger charge is -2.10. The fraction of sp³-hybridized carbons (Fsp3) is 0.0909. The van der Waals surface area contributed by atoms with Crippen molar-refractivity contribution in [2.24, 2.45) is 5.10 Å². The van der Waals surface area contributed by atoms with Crippen LogP contribution in [0, 0.1) is 6.92 Å². The molecule has 0 aliphatic heterocycles. The molecule has 0 saturated heterocycles. The molecule has 0 aliphatic rings. The number of carbonyl (C=O) groups is 1. The van der Waals surface area contributed by atoms with Crippen molar-refractivity contribution in [3.63, 3.8) is 0 Å². The minimum absolute atomic E-state index is 0.282. The zero-order valence-electron chi connectivity index (χ0n) is 15.2. The van der Waals surface area contributed by atoms with Gasteiger partial charge in [-0.15, -0.1) is 0 Å². The average Bonchev–Trinajstić information content (AvgIpc) is 2.69. The summed E-state index contributed by atoms with van der Waals surface area (Å²) in [4.78, 5) is 12.3. The maximum absolute atomic E-state index is 12.3. The third kappa shape index (κ3) is 5.12. The topological polar surface area (TPSA) is 50.7 Å². The fourth-order valence-electron chi connectivity index (χ4n) is 2.57. The first-order chi connectivity index (χ1) is 13.5. The van der Waals surface area contributed by atoms with Crippen LogP contribution in [0.2, 0.25) is 10.0 Å². The van der Waals surface area contributed by atoms with E-state index in [2.05, 4.69) is 10.5 Å². The van der Waals surface area contributed by atoms with Crippen LogP contribution in [0.25, 0.3) is 0 Å². The van der Waals surface area contributed by atoms with Gasteiger partial charge in [0.05, 0.1) is 6.21 Å². The summed E-state index contributed by atoms with van der Waals surface area (Å²) < 4.78 is 5.87. The van der Waals surface area contributed by atoms with Gasteiger partial charge in [0.1, 0.15) is 12.4 Å². The monoisotopic (exact) mass is 412 g/mol. The third-order valence-corrected chi connectivity index (χ3v) is 4.68. The van der Waals surface area contributed by atoms with Crippen LogP contribution in [0.1, 0.15) is 27.0 Å². The van der Waals surface area contributed by atoms with E-state index in [1.165, 1.54) is 6.21 Å². The summed E-state index contributed by atoms with van der Waals surface area (Å²) in [6.45, 7) is 2.17. The summed E-state index contributed by atoms with van der Waals surface area (Å²) in [5.74, 6) is 0.299. The molecule has 3 aromatic rings. The van der Waals surface area contributed by atoms with Crippen molar-refractivity contribution in [3.05, 3.63) is 99.0 Å². The molecule has 0 radical (unpaired) electrons. The molecule has 1 amide bonds. The molecule has 142 valence electrons. The van der Waals surface area contributed by atoms with E-state index < -0.39 is 0 Å². The Morgan fingerprint density at radius 1 is 1.07 bits per heavy atom. The predicted molar refractivity (Wildman–Crippen MR) is 113 cm³/mol. The number of carbonyl (C=O) groups excluding carboxylic acids is 1. The van der Waals surface area contributed by atoms with Crippen LogP contribution in [-0.4, -0.2) is 12.1 Å². The van der Waals surface area contributed by atoms with Crippen molar-refractivity contribution in [3.8, 4) is 5.75 Å². The standard InChI is InChI=1S/C22H18Cl2N2O2/c1-15-6-2-4-8-19(15)22(27)26-25-13-17-12-18(23)10-11-21(17)28-14-16-7-3-5-9-20(16)24/h2-13H,14H2,1H3,(H,26,27)/b25-13+. The van der Waals surface area contributed by atoms with Crippen molar-refractivity contribution in [1.29, 1.82) is 0 Å². The quantitative estimate of drug-likeness (QED) is 0.420. The van der Waals surface area contributed by atoms with E-state index in [0.717, 1.165) is 11.1 Å². The smallest absolute Gasteiger partial charge is 0.271 e. The second-order valence-electron chi connectivity index (χ2n) is 6.08. The lowest BCUT2D eigenvalue weighted by molar-refractivity contribution is 0.0954. The van der Waals surface area contributed by atoms with E-state index in [4.69, 9.17) is 27.9 Å². The normalized spacial score (nSPS) is 10.8. The number of benzene rings is 3. The predicted octanol–water partition coefficient (Wildman–Crippen LogP) is 5.64. The summed E-state index contributed by atoms with van der Waals surface area (Å²) in [6, 6.07) is 20.0. The Balaban J connectivity index is 1.72. The average molecular weight is 413 g/mol. The summed E-state index contributed by atoms with van der Waals surface area (Å²) in [5.41, 5.74) is 5.49. The SMILES string of the molecule is Cc1ccccc1C(=O)N/N=C/c1cc(Cl)ccc1OCc1ccccc1Cl. The summed E-state index contributed by atoms with van der Waals surface area (Å²) in [5, 5.41) is 5.22. The van der Waals surface area contributed by atoms with Gasteiger partial charge in [-0.25, -0.2) is 5.43 Å². The molecule has 3 rings (SSSR count). The summed E-state index contributed by atoms with van der Waals surface area (Å²) in [7, 11) is 0. The molecule has 0 spiro atoms. The Kier molecular flexibility index (Phi) is 6.69. The maximum Gasteiger partial charge on any atom is 0.271 e. The van der Waals surface area contributed by atoms with Gasteiger partial charge in [0, 0.05) is 26.7 Å². The lowest BCUT2D eigenvalue weighted by atomic mass is 10.1. The van der Waals surface area contributed by atoms with E-state index >= 15 is 0 Å². The van der Waals surface area contributed by atoms with Gasteiger partial charge in [-0.3, -0.25) is 4.79 Å². The van der Waals surface area contributed by atoms with Gasteiger partial charge in [-0.1, -0.05) is 59.6 Å². The van der Waals surface area contributed by atoms with Crippen LogP contribution < -0.4 is 10.2 Å². The first-order valence-corrected chi connectivity index (χ1v) is 9.35. The Morgan fingerprint density at radius 2 is 1.82 bits per heavy atom. The second-order valence-corrected chi connectivity index (χ2v) is 6.92. The van der Waals surface area contributed by atoms with Crippen molar-refractivity contribution >= 4 is 35.3 Å². The molecule has 1 N–H and O–H groups in total. The Morgan fingerprint density at radius 3 is 2.61 bits per heavy atom. The van der Waals surface area contributed by atoms with Crippen molar-refractivity contribution in [2.75, 3.05) is 0 Å². The van der Waals surface area contributed by atoms with E-state index in [0.29, 0.717) is 33.5 Å². The maximum atomic E-state index is 12.3. The highest BCUT2D eigenvalue weighted by molar-refractivity contribution is 6.31. The van der Waals surface area contributed by atoms with Crippen LogP contribution in [-0.2, 0) is 6.61 Å². The number of hydrogen-bond acceptors (Lipinski definition) is 3. The number of rotatable bonds is 6. The molecule has 28 heavy (non-hydrogen) atoms. The lowest BCUT2D eigenvalue weighted by Crippen LogP contribution is -2.18. The Bertz CT molecular complexity index is 1020. The molecule has 0 atom stereocenters. The first kappa shape index (κ1) is 19.9. The van der Waals surface area contributed by atoms with Crippen molar-refractivity contribution in [2.45, 2.75) is 13.5 Å². The number of aryl methyl sites for hydroxylation is 1. The number of halogens is 2. The number of hydrazone groups is 1. The Labute approximate surface area is 173 Å². The fourth-order valence-corrected chi connectivity index (χ4v) is 2.94. The first-order valence-electron chi connectivity index (χ1n) is 8.59. The number of ether oxygens (including phenoxy) is 1. The van der Waals surface area contributed by atoms with Gasteiger partial charge < -0.3 is 4.74 Å². The van der Waals surface area contributed by atoms with Gasteiger partial charge in [-0.2, -0.15) is 5.10 Å². The van der Waals surface area contributed by atoms with Gasteiger partial charge in [0.2, 0.25) is 0 Å². The zero-order chi connectivity index (χ0) is 19.9. The van der Waals surface area contributed by atoms with Crippen molar-refractivity contribution < 1.29 is 9.53 Å². The molecule has 4 nitrogen and oxygen atoms in total. The minimum Gasteiger partial charge on any atom is -0.488 e. The molecule has 0 aliphatic carbocycles.